The van der Waals surface area contributed by atoms with Gasteiger partial charge in [0.2, 0.25) is 0 Å². The molecular formula is C7H11ClO4. The maximum Gasteiger partial charge on any atom is 0.304 e. The average Bonchev–Trinajstić information content (AvgIpc) is 1.84. The van der Waals surface area contributed by atoms with Crippen LogP contribution in [0.15, 0.2) is 0 Å². The summed E-state index contributed by atoms with van der Waals surface area (Å²) in [5.74, 6) is -1.83. The van der Waals surface area contributed by atoms with Crippen LogP contribution in [0.3, 0.4) is 0 Å². The maximum absolute atomic E-state index is 10.1. The normalized spacial score (nSPS) is 12.4. The van der Waals surface area contributed by atoms with Gasteiger partial charge in [-0.05, 0) is 12.8 Å². The van der Waals surface area contributed by atoms with Gasteiger partial charge in [0.05, 0.1) is 6.42 Å². The van der Waals surface area contributed by atoms with E-state index in [0.29, 0.717) is 12.8 Å². The van der Waals surface area contributed by atoms with Crippen LogP contribution >= 0.6 is 11.6 Å². The van der Waals surface area contributed by atoms with Crippen molar-refractivity contribution in [2.75, 3.05) is 0 Å². The minimum atomic E-state index is -0.953. The summed E-state index contributed by atoms with van der Waals surface area (Å²) in [5.41, 5.74) is 0. The van der Waals surface area contributed by atoms with E-state index in [4.69, 9.17) is 21.8 Å². The molecule has 2 N–H and O–H groups in total. The molecule has 5 heteroatoms. The van der Waals surface area contributed by atoms with Crippen molar-refractivity contribution in [3.8, 4) is 0 Å². The summed E-state index contributed by atoms with van der Waals surface area (Å²) in [7, 11) is 0. The van der Waals surface area contributed by atoms with Gasteiger partial charge >= 0.3 is 11.9 Å². The van der Waals surface area contributed by atoms with Crippen molar-refractivity contribution < 1.29 is 19.8 Å². The highest BCUT2D eigenvalue weighted by Crippen LogP contribution is 2.11. The fourth-order valence-corrected chi connectivity index (χ4v) is 1.05. The maximum atomic E-state index is 10.1. The van der Waals surface area contributed by atoms with Crippen molar-refractivity contribution in [1.29, 1.82) is 0 Å². The fourth-order valence-electron chi connectivity index (χ4n) is 0.766. The fraction of sp³-hybridized carbons (Fsp3) is 0.714. The molecule has 1 atom stereocenters. The van der Waals surface area contributed by atoms with Crippen LogP contribution in [-0.2, 0) is 9.59 Å². The van der Waals surface area contributed by atoms with Crippen LogP contribution in [0.25, 0.3) is 0 Å². The van der Waals surface area contributed by atoms with Crippen LogP contribution < -0.4 is 0 Å². The summed E-state index contributed by atoms with van der Waals surface area (Å²) in [6, 6.07) is 0. The van der Waals surface area contributed by atoms with E-state index in [1.165, 1.54) is 0 Å². The van der Waals surface area contributed by atoms with E-state index in [1.54, 1.807) is 0 Å². The predicted molar refractivity (Wildman–Crippen MR) is 43.4 cm³/mol. The molecule has 1 unspecified atom stereocenters. The molecule has 0 aliphatic rings. The number of carboxylic acid groups (broad SMARTS) is 2. The molecular weight excluding hydrogens is 184 g/mol. The van der Waals surface area contributed by atoms with Crippen molar-refractivity contribution >= 4 is 23.5 Å². The summed E-state index contributed by atoms with van der Waals surface area (Å²) in [4.78, 5) is 20.1. The van der Waals surface area contributed by atoms with E-state index in [0.717, 1.165) is 0 Å². The quantitative estimate of drug-likeness (QED) is 0.626. The van der Waals surface area contributed by atoms with E-state index in [9.17, 15) is 9.59 Å². The lowest BCUT2D eigenvalue weighted by Crippen LogP contribution is -2.07. The SMILES string of the molecule is O=C(O)CCCC(Cl)CC(=O)O. The molecule has 0 saturated carbocycles. The number of hydrogen-bond acceptors (Lipinski definition) is 2. The van der Waals surface area contributed by atoms with Crippen molar-refractivity contribution in [3.63, 3.8) is 0 Å². The lowest BCUT2D eigenvalue weighted by molar-refractivity contribution is -0.137. The molecule has 0 saturated heterocycles. The molecule has 0 amide bonds. The lowest BCUT2D eigenvalue weighted by Gasteiger charge is -2.03. The molecule has 0 bridgehead atoms. The summed E-state index contributed by atoms with van der Waals surface area (Å²) in [5, 5.41) is 16.1. The first-order chi connectivity index (χ1) is 5.52. The zero-order chi connectivity index (χ0) is 9.56. The van der Waals surface area contributed by atoms with E-state index in [2.05, 4.69) is 0 Å². The van der Waals surface area contributed by atoms with Gasteiger partial charge in [0.15, 0.2) is 0 Å². The molecule has 0 aromatic heterocycles. The number of alkyl halides is 1. The largest absolute Gasteiger partial charge is 0.481 e. The summed E-state index contributed by atoms with van der Waals surface area (Å²) in [6.45, 7) is 0. The smallest absolute Gasteiger partial charge is 0.304 e. The first-order valence-corrected chi connectivity index (χ1v) is 4.03. The molecule has 0 spiro atoms. The van der Waals surface area contributed by atoms with E-state index in [1.807, 2.05) is 0 Å². The second-order valence-electron chi connectivity index (χ2n) is 2.48. The van der Waals surface area contributed by atoms with Crippen LogP contribution in [0.2, 0.25) is 0 Å². The number of carboxylic acids is 2. The molecule has 0 aromatic carbocycles. The number of hydrogen-bond donors (Lipinski definition) is 2. The number of halogens is 1. The van der Waals surface area contributed by atoms with Gasteiger partial charge in [-0.2, -0.15) is 0 Å². The third-order valence-electron chi connectivity index (χ3n) is 1.30. The Morgan fingerprint density at radius 2 is 1.83 bits per heavy atom. The van der Waals surface area contributed by atoms with Crippen LogP contribution in [0.4, 0.5) is 0 Å². The van der Waals surface area contributed by atoms with Gasteiger partial charge in [-0.1, -0.05) is 0 Å². The Labute approximate surface area is 75.1 Å². The zero-order valence-corrected chi connectivity index (χ0v) is 7.25. The molecule has 0 aliphatic carbocycles. The predicted octanol–water partition coefficient (Wildman–Crippen LogP) is 1.32. The van der Waals surface area contributed by atoms with Crippen molar-refractivity contribution in [2.24, 2.45) is 0 Å². The Morgan fingerprint density at radius 3 is 2.25 bits per heavy atom. The number of rotatable bonds is 6. The molecule has 0 aliphatic heterocycles. The highest BCUT2D eigenvalue weighted by Gasteiger charge is 2.09. The number of aliphatic carboxylic acids is 2. The van der Waals surface area contributed by atoms with Crippen LogP contribution in [-0.4, -0.2) is 27.5 Å². The molecule has 0 heterocycles. The van der Waals surface area contributed by atoms with Gasteiger partial charge in [-0.25, -0.2) is 0 Å². The molecule has 0 rings (SSSR count). The third-order valence-corrected chi connectivity index (χ3v) is 1.68. The average molecular weight is 195 g/mol. The van der Waals surface area contributed by atoms with Gasteiger partial charge in [-0.15, -0.1) is 11.6 Å². The molecule has 70 valence electrons. The van der Waals surface area contributed by atoms with Crippen LogP contribution in [0.5, 0.6) is 0 Å². The highest BCUT2D eigenvalue weighted by molar-refractivity contribution is 6.21. The molecule has 0 aromatic rings. The minimum absolute atomic E-state index is 0.0445. The van der Waals surface area contributed by atoms with Crippen molar-refractivity contribution in [1.82, 2.24) is 0 Å². The Hall–Kier alpha value is -0.770. The van der Waals surface area contributed by atoms with Crippen LogP contribution in [0, 0.1) is 0 Å². The van der Waals surface area contributed by atoms with E-state index in [-0.39, 0.29) is 12.8 Å². The first-order valence-electron chi connectivity index (χ1n) is 3.60. The van der Waals surface area contributed by atoms with Gasteiger partial charge in [0.1, 0.15) is 0 Å². The second kappa shape index (κ2) is 5.83. The first kappa shape index (κ1) is 11.2. The molecule has 0 radical (unpaired) electrons. The topological polar surface area (TPSA) is 74.6 Å². The Morgan fingerprint density at radius 1 is 1.25 bits per heavy atom. The highest BCUT2D eigenvalue weighted by atomic mass is 35.5. The molecule has 4 nitrogen and oxygen atoms in total. The van der Waals surface area contributed by atoms with Gasteiger partial charge in [0, 0.05) is 11.8 Å². The zero-order valence-electron chi connectivity index (χ0n) is 6.49. The molecule has 0 fully saturated rings. The van der Waals surface area contributed by atoms with E-state index < -0.39 is 17.3 Å². The van der Waals surface area contributed by atoms with Gasteiger partial charge < -0.3 is 10.2 Å². The lowest BCUT2D eigenvalue weighted by atomic mass is 10.1. The number of carbonyl (C=O) groups is 2. The van der Waals surface area contributed by atoms with Crippen LogP contribution in [0.1, 0.15) is 25.7 Å². The summed E-state index contributed by atoms with van der Waals surface area (Å²) in [6.07, 6.45) is 0.793. The Bertz CT molecular complexity index is 169. The Balaban J connectivity index is 3.37. The monoisotopic (exact) mass is 194 g/mol. The van der Waals surface area contributed by atoms with E-state index >= 15 is 0 Å². The summed E-state index contributed by atoms with van der Waals surface area (Å²) < 4.78 is 0. The van der Waals surface area contributed by atoms with Gasteiger partial charge in [0.25, 0.3) is 0 Å². The molecule has 12 heavy (non-hydrogen) atoms. The Kier molecular flexibility index (Phi) is 5.45. The third kappa shape index (κ3) is 7.34. The summed E-state index contributed by atoms with van der Waals surface area (Å²) >= 11 is 5.59. The van der Waals surface area contributed by atoms with Crippen molar-refractivity contribution in [2.45, 2.75) is 31.1 Å². The van der Waals surface area contributed by atoms with Crippen molar-refractivity contribution in [3.05, 3.63) is 0 Å². The standard InChI is InChI=1S/C7H11ClO4/c8-5(4-7(11)12)2-1-3-6(9)10/h5H,1-4H2,(H,9,10)(H,11,12). The minimum Gasteiger partial charge on any atom is -0.481 e. The van der Waals surface area contributed by atoms with Gasteiger partial charge in [-0.3, -0.25) is 9.59 Å². The second-order valence-corrected chi connectivity index (χ2v) is 3.10.